The number of benzene rings is 4. The largest absolute Gasteiger partial charge is 0.309 e. The molecular formula is C31H26FN2+. The molecule has 2 nitrogen and oxygen atoms in total. The second kappa shape index (κ2) is 7.53. The van der Waals surface area contributed by atoms with Crippen LogP contribution in [0.15, 0.2) is 85.1 Å². The van der Waals surface area contributed by atoms with Gasteiger partial charge in [-0.1, -0.05) is 36.4 Å². The van der Waals surface area contributed by atoms with E-state index in [1.807, 2.05) is 26.8 Å². The van der Waals surface area contributed by atoms with Crippen LogP contribution in [0.3, 0.4) is 0 Å². The van der Waals surface area contributed by atoms with Gasteiger partial charge >= 0.3 is 0 Å². The second-order valence-electron chi connectivity index (χ2n) is 9.22. The molecule has 0 unspecified atom stereocenters. The van der Waals surface area contributed by atoms with Crippen molar-refractivity contribution in [2.45, 2.75) is 20.8 Å². The van der Waals surface area contributed by atoms with Gasteiger partial charge in [-0.05, 0) is 79.2 Å². The van der Waals surface area contributed by atoms with E-state index in [9.17, 15) is 4.39 Å². The zero-order chi connectivity index (χ0) is 23.6. The summed E-state index contributed by atoms with van der Waals surface area (Å²) in [6.45, 7) is 5.72. The Labute approximate surface area is 198 Å². The molecule has 0 saturated carbocycles. The third-order valence-electron chi connectivity index (χ3n) is 7.22. The number of hydrogen-bond acceptors (Lipinski definition) is 0. The third-order valence-corrected chi connectivity index (χ3v) is 7.22. The first kappa shape index (κ1) is 20.6. The molecule has 0 aliphatic heterocycles. The van der Waals surface area contributed by atoms with Crippen molar-refractivity contribution in [2.24, 2.45) is 7.05 Å². The summed E-state index contributed by atoms with van der Waals surface area (Å²) in [7, 11) is 2.06. The quantitative estimate of drug-likeness (QED) is 0.244. The fourth-order valence-electron chi connectivity index (χ4n) is 5.33. The Morgan fingerprint density at radius 2 is 1.35 bits per heavy atom. The van der Waals surface area contributed by atoms with E-state index in [2.05, 4.69) is 95.2 Å². The van der Waals surface area contributed by atoms with Gasteiger partial charge in [0.1, 0.15) is 12.9 Å². The molecule has 0 bridgehead atoms. The van der Waals surface area contributed by atoms with Crippen molar-refractivity contribution < 1.29 is 8.96 Å². The summed E-state index contributed by atoms with van der Waals surface area (Å²) in [6, 6.07) is 27.9. The number of halogens is 1. The van der Waals surface area contributed by atoms with Gasteiger partial charge in [-0.25, -0.2) is 8.96 Å². The van der Waals surface area contributed by atoms with Crippen LogP contribution in [-0.4, -0.2) is 4.57 Å². The van der Waals surface area contributed by atoms with Crippen LogP contribution in [0, 0.1) is 26.6 Å². The van der Waals surface area contributed by atoms with E-state index in [0.29, 0.717) is 11.1 Å². The first-order valence-corrected chi connectivity index (χ1v) is 11.6. The van der Waals surface area contributed by atoms with E-state index in [-0.39, 0.29) is 5.82 Å². The van der Waals surface area contributed by atoms with E-state index >= 15 is 0 Å². The maximum atomic E-state index is 14.6. The molecule has 0 aliphatic rings. The minimum Gasteiger partial charge on any atom is -0.309 e. The number of pyridine rings is 1. The monoisotopic (exact) mass is 445 g/mol. The Balaban J connectivity index is 1.64. The van der Waals surface area contributed by atoms with E-state index in [4.69, 9.17) is 0 Å². The lowest BCUT2D eigenvalue weighted by Crippen LogP contribution is -2.31. The van der Waals surface area contributed by atoms with Crippen LogP contribution in [0.2, 0.25) is 0 Å². The third kappa shape index (κ3) is 2.90. The Morgan fingerprint density at radius 3 is 2.03 bits per heavy atom. The average molecular weight is 446 g/mol. The van der Waals surface area contributed by atoms with E-state index in [1.54, 1.807) is 0 Å². The number of nitrogens with zero attached hydrogens (tertiary/aromatic N) is 2. The minimum absolute atomic E-state index is 0.113. The summed E-state index contributed by atoms with van der Waals surface area (Å²) in [5.41, 5.74) is 8.09. The summed E-state index contributed by atoms with van der Waals surface area (Å²) in [4.78, 5) is 0. The zero-order valence-electron chi connectivity index (χ0n) is 19.9. The first-order valence-electron chi connectivity index (χ1n) is 11.6. The second-order valence-corrected chi connectivity index (χ2v) is 9.22. The molecule has 2 aromatic heterocycles. The molecule has 2 heterocycles. The maximum Gasteiger partial charge on any atom is 0.220 e. The van der Waals surface area contributed by atoms with Gasteiger partial charge in [-0.3, -0.25) is 0 Å². The molecule has 166 valence electrons. The Hall–Kier alpha value is -3.98. The fourth-order valence-corrected chi connectivity index (χ4v) is 5.33. The lowest BCUT2D eigenvalue weighted by atomic mass is 9.94. The molecule has 34 heavy (non-hydrogen) atoms. The SMILES string of the molecule is Cc1cc(-c2c3ccc(-n4c5ccccc5c5ccccc54)cc3cc[n+]2C)c(C)c(C)c1F. The van der Waals surface area contributed by atoms with Gasteiger partial charge in [-0.2, -0.15) is 0 Å². The molecule has 0 saturated heterocycles. The summed E-state index contributed by atoms with van der Waals surface area (Å²) < 4.78 is 19.0. The van der Waals surface area contributed by atoms with Crippen molar-refractivity contribution >= 4 is 32.6 Å². The van der Waals surface area contributed by atoms with Crippen molar-refractivity contribution in [3.8, 4) is 16.9 Å². The van der Waals surface area contributed by atoms with Gasteiger partial charge < -0.3 is 4.57 Å². The van der Waals surface area contributed by atoms with Crippen molar-refractivity contribution in [1.29, 1.82) is 0 Å². The summed E-state index contributed by atoms with van der Waals surface area (Å²) in [5.74, 6) is -0.113. The Morgan fingerprint density at radius 1 is 0.706 bits per heavy atom. The highest BCUT2D eigenvalue weighted by atomic mass is 19.1. The Kier molecular flexibility index (Phi) is 4.56. The van der Waals surface area contributed by atoms with Crippen LogP contribution in [0.25, 0.3) is 49.5 Å². The number of aromatic nitrogens is 2. The highest BCUT2D eigenvalue weighted by Crippen LogP contribution is 2.35. The van der Waals surface area contributed by atoms with Crippen molar-refractivity contribution in [1.82, 2.24) is 4.57 Å². The first-order chi connectivity index (χ1) is 16.5. The predicted octanol–water partition coefficient (Wildman–Crippen LogP) is 7.49. The van der Waals surface area contributed by atoms with Gasteiger partial charge in [0, 0.05) is 22.5 Å². The van der Waals surface area contributed by atoms with Gasteiger partial charge in [-0.15, -0.1) is 0 Å². The summed E-state index contributed by atoms with van der Waals surface area (Å²) in [5, 5.41) is 4.83. The molecule has 0 N–H and O–H groups in total. The van der Waals surface area contributed by atoms with Crippen LogP contribution in [0.4, 0.5) is 4.39 Å². The lowest BCUT2D eigenvalue weighted by Gasteiger charge is -2.14. The van der Waals surface area contributed by atoms with Gasteiger partial charge in [0.15, 0.2) is 6.20 Å². The highest BCUT2D eigenvalue weighted by molar-refractivity contribution is 6.09. The van der Waals surface area contributed by atoms with Gasteiger partial charge in [0.05, 0.1) is 22.0 Å². The number of rotatable bonds is 2. The molecule has 3 heteroatoms. The lowest BCUT2D eigenvalue weighted by molar-refractivity contribution is -0.659. The van der Waals surface area contributed by atoms with Crippen LogP contribution in [0.5, 0.6) is 0 Å². The molecule has 6 rings (SSSR count). The molecule has 0 aliphatic carbocycles. The van der Waals surface area contributed by atoms with E-state index < -0.39 is 0 Å². The molecule has 0 radical (unpaired) electrons. The van der Waals surface area contributed by atoms with Gasteiger partial charge in [0.2, 0.25) is 5.69 Å². The summed E-state index contributed by atoms with van der Waals surface area (Å²) >= 11 is 0. The van der Waals surface area contributed by atoms with Crippen molar-refractivity contribution in [2.75, 3.05) is 0 Å². The number of hydrogen-bond donors (Lipinski definition) is 0. The smallest absolute Gasteiger partial charge is 0.220 e. The molecule has 4 aromatic carbocycles. The molecular weight excluding hydrogens is 419 g/mol. The van der Waals surface area contributed by atoms with Crippen LogP contribution in [0.1, 0.15) is 16.7 Å². The van der Waals surface area contributed by atoms with Crippen molar-refractivity contribution in [3.63, 3.8) is 0 Å². The standard InChI is InChI=1S/C31H26FN2/c1-19-17-27(20(2)21(3)30(19)32)31-24-14-13-23(18-22(24)15-16-33(31)4)34-28-11-7-5-9-25(28)26-10-6-8-12-29(26)34/h5-18H,1-4H3/q+1. The van der Waals surface area contributed by atoms with Crippen LogP contribution in [-0.2, 0) is 7.05 Å². The summed E-state index contributed by atoms with van der Waals surface area (Å²) in [6.07, 6.45) is 2.10. The molecule has 0 spiro atoms. The van der Waals surface area contributed by atoms with E-state index in [0.717, 1.165) is 33.3 Å². The average Bonchev–Trinajstić information content (AvgIpc) is 3.19. The molecule has 6 aromatic rings. The van der Waals surface area contributed by atoms with E-state index in [1.165, 1.54) is 21.8 Å². The topological polar surface area (TPSA) is 8.81 Å². The molecule has 0 atom stereocenters. The number of fused-ring (bicyclic) bond motifs is 4. The number of para-hydroxylation sites is 2. The highest BCUT2D eigenvalue weighted by Gasteiger charge is 2.21. The van der Waals surface area contributed by atoms with Gasteiger partial charge in [0.25, 0.3) is 0 Å². The fraction of sp³-hybridized carbons (Fsp3) is 0.129. The van der Waals surface area contributed by atoms with Crippen molar-refractivity contribution in [3.05, 3.63) is 108 Å². The number of aryl methyl sites for hydroxylation is 2. The predicted molar refractivity (Wildman–Crippen MR) is 139 cm³/mol. The maximum absolute atomic E-state index is 14.6. The molecule has 0 fully saturated rings. The zero-order valence-corrected chi connectivity index (χ0v) is 19.9. The van der Waals surface area contributed by atoms with Crippen LogP contribution < -0.4 is 4.57 Å². The Bertz CT molecular complexity index is 1700. The minimum atomic E-state index is -0.113. The normalized spacial score (nSPS) is 11.7. The van der Waals surface area contributed by atoms with Crippen LogP contribution >= 0.6 is 0 Å². The molecule has 0 amide bonds.